The lowest BCUT2D eigenvalue weighted by molar-refractivity contribution is 0.795. The Bertz CT molecular complexity index is 2300. The summed E-state index contributed by atoms with van der Waals surface area (Å²) >= 11 is 0. The van der Waals surface area contributed by atoms with Gasteiger partial charge in [0.15, 0.2) is 0 Å². The Labute approximate surface area is 257 Å². The third kappa shape index (κ3) is 3.74. The second kappa shape index (κ2) is 9.86. The van der Waals surface area contributed by atoms with Crippen LogP contribution < -0.4 is 4.90 Å². The topological polar surface area (TPSA) is 8.17 Å². The summed E-state index contributed by atoms with van der Waals surface area (Å²) in [5, 5.41) is 5.17. The lowest BCUT2D eigenvalue weighted by atomic mass is 9.80. The molecule has 2 heterocycles. The van der Waals surface area contributed by atoms with E-state index in [1.54, 1.807) is 0 Å². The average molecular weight is 565 g/mol. The predicted octanol–water partition coefficient (Wildman–Crippen LogP) is 10.4. The van der Waals surface area contributed by atoms with E-state index in [0.29, 0.717) is 0 Å². The van der Waals surface area contributed by atoms with Gasteiger partial charge in [-0.2, -0.15) is 0 Å². The molecular weight excluding hydrogens is 532 g/mol. The highest BCUT2D eigenvalue weighted by molar-refractivity contribution is 6.22. The van der Waals surface area contributed by atoms with Gasteiger partial charge in [0.1, 0.15) is 0 Å². The Morgan fingerprint density at radius 3 is 2.09 bits per heavy atom. The Kier molecular flexibility index (Phi) is 5.64. The number of benzene rings is 6. The van der Waals surface area contributed by atoms with Crippen molar-refractivity contribution in [2.24, 2.45) is 0 Å². The first kappa shape index (κ1) is 25.2. The van der Waals surface area contributed by atoms with Gasteiger partial charge >= 0.3 is 0 Å². The van der Waals surface area contributed by atoms with E-state index in [9.17, 15) is 0 Å². The molecule has 0 N–H and O–H groups in total. The van der Waals surface area contributed by atoms with Crippen LogP contribution in [0.25, 0.3) is 49.4 Å². The molecule has 0 saturated heterocycles. The first-order valence-electron chi connectivity index (χ1n) is 15.6. The Balaban J connectivity index is 1.32. The highest BCUT2D eigenvalue weighted by atomic mass is 15.1. The fourth-order valence-corrected chi connectivity index (χ4v) is 7.74. The number of fused-ring (bicyclic) bond motifs is 8. The van der Waals surface area contributed by atoms with Crippen LogP contribution in [0.3, 0.4) is 0 Å². The molecule has 0 bridgehead atoms. The Morgan fingerprint density at radius 2 is 1.23 bits per heavy atom. The van der Waals surface area contributed by atoms with Crippen LogP contribution >= 0.6 is 0 Å². The molecule has 0 amide bonds. The molecule has 44 heavy (non-hydrogen) atoms. The molecule has 0 saturated carbocycles. The monoisotopic (exact) mass is 564 g/mol. The van der Waals surface area contributed by atoms with Gasteiger partial charge in [-0.25, -0.2) is 0 Å². The minimum Gasteiger partial charge on any atom is -0.344 e. The van der Waals surface area contributed by atoms with Crippen molar-refractivity contribution in [3.63, 3.8) is 0 Å². The molecule has 2 nitrogen and oxygen atoms in total. The molecular formula is C42H32N2. The van der Waals surface area contributed by atoms with E-state index in [2.05, 4.69) is 143 Å². The van der Waals surface area contributed by atoms with E-state index in [0.717, 1.165) is 31.4 Å². The number of hydrogen-bond acceptors (Lipinski definition) is 1. The predicted molar refractivity (Wildman–Crippen MR) is 186 cm³/mol. The van der Waals surface area contributed by atoms with Crippen molar-refractivity contribution in [2.75, 3.05) is 11.4 Å². The second-order valence-corrected chi connectivity index (χ2v) is 12.1. The van der Waals surface area contributed by atoms with E-state index < -0.39 is 0 Å². The van der Waals surface area contributed by atoms with Crippen molar-refractivity contribution >= 4 is 49.4 Å². The van der Waals surface area contributed by atoms with Crippen LogP contribution in [-0.2, 0) is 12.8 Å². The van der Waals surface area contributed by atoms with Crippen molar-refractivity contribution in [3.05, 3.63) is 168 Å². The van der Waals surface area contributed by atoms with Gasteiger partial charge in [-0.15, -0.1) is 0 Å². The smallest absolute Gasteiger partial charge is 0.0547 e. The van der Waals surface area contributed by atoms with E-state index in [1.165, 1.54) is 77.5 Å². The standard InChI is InChI=1S/C42H32N2/c1-28-34-16-8-5-13-31(34)25-26-43(39-22-19-29-11-6-9-17-35(29)41(28)39)33-21-24-38-37(27-33)42-36-18-10-7-12-30(36)20-23-40(42)44(38)32-14-3-2-4-15-32/h2-18,20-21,23-24,27H,1,19,22,25-26H2. The largest absolute Gasteiger partial charge is 0.344 e. The number of allylic oxidation sites excluding steroid dienone is 3. The fraction of sp³-hybridized carbons (Fsp3) is 0.0952. The highest BCUT2D eigenvalue weighted by Crippen LogP contribution is 2.45. The third-order valence-electron chi connectivity index (χ3n) is 9.75. The minimum atomic E-state index is 0.925. The summed E-state index contributed by atoms with van der Waals surface area (Å²) in [6, 6.07) is 49.0. The zero-order chi connectivity index (χ0) is 29.2. The average Bonchev–Trinajstić information content (AvgIpc) is 3.42. The van der Waals surface area contributed by atoms with Crippen molar-refractivity contribution in [1.29, 1.82) is 0 Å². The van der Waals surface area contributed by atoms with Crippen LogP contribution in [0.1, 0.15) is 28.7 Å². The molecule has 6 aromatic carbocycles. The van der Waals surface area contributed by atoms with Crippen LogP contribution in [0.15, 0.2) is 146 Å². The van der Waals surface area contributed by atoms with Gasteiger partial charge in [0, 0.05) is 40.0 Å². The van der Waals surface area contributed by atoms with Crippen LogP contribution in [0.2, 0.25) is 0 Å². The molecule has 0 fully saturated rings. The van der Waals surface area contributed by atoms with Gasteiger partial charge in [-0.1, -0.05) is 104 Å². The lowest BCUT2D eigenvalue weighted by Gasteiger charge is -2.36. The SMILES string of the molecule is C=C1C2=C(CCc3ccccc32)N(c2ccc3c(c2)c2c4ccccc4ccc2n3-c2ccccc2)CCc2ccccc21. The number of hydrogen-bond donors (Lipinski definition) is 0. The van der Waals surface area contributed by atoms with Crippen molar-refractivity contribution < 1.29 is 0 Å². The number of nitrogens with zero attached hydrogens (tertiary/aromatic N) is 2. The molecule has 0 radical (unpaired) electrons. The minimum absolute atomic E-state index is 0.925. The molecule has 0 unspecified atom stereocenters. The molecule has 1 aliphatic heterocycles. The van der Waals surface area contributed by atoms with E-state index in [1.807, 2.05) is 0 Å². The molecule has 0 atom stereocenters. The molecule has 7 aromatic rings. The van der Waals surface area contributed by atoms with E-state index in [4.69, 9.17) is 6.58 Å². The van der Waals surface area contributed by atoms with Crippen LogP contribution in [-0.4, -0.2) is 11.1 Å². The fourth-order valence-electron chi connectivity index (χ4n) is 7.74. The summed E-state index contributed by atoms with van der Waals surface area (Å²) in [5.41, 5.74) is 14.1. The molecule has 1 aliphatic carbocycles. The summed E-state index contributed by atoms with van der Waals surface area (Å²) in [5.74, 6) is 0. The van der Waals surface area contributed by atoms with Gasteiger partial charge in [0.2, 0.25) is 0 Å². The number of anilines is 1. The number of para-hydroxylation sites is 1. The normalized spacial score (nSPS) is 14.8. The maximum Gasteiger partial charge on any atom is 0.0547 e. The number of rotatable bonds is 2. The summed E-state index contributed by atoms with van der Waals surface area (Å²) in [4.78, 5) is 2.60. The molecule has 1 aromatic heterocycles. The lowest BCUT2D eigenvalue weighted by Crippen LogP contribution is -2.30. The van der Waals surface area contributed by atoms with Gasteiger partial charge in [0.25, 0.3) is 0 Å². The molecule has 2 heteroatoms. The summed E-state index contributed by atoms with van der Waals surface area (Å²) in [7, 11) is 0. The zero-order valence-electron chi connectivity index (χ0n) is 24.6. The van der Waals surface area contributed by atoms with E-state index >= 15 is 0 Å². The Morgan fingerprint density at radius 1 is 0.523 bits per heavy atom. The van der Waals surface area contributed by atoms with Crippen molar-refractivity contribution in [2.45, 2.75) is 19.3 Å². The summed E-state index contributed by atoms with van der Waals surface area (Å²) in [6.45, 7) is 5.67. The highest BCUT2D eigenvalue weighted by Gasteiger charge is 2.29. The first-order valence-corrected chi connectivity index (χ1v) is 15.6. The van der Waals surface area contributed by atoms with Crippen LogP contribution in [0.5, 0.6) is 0 Å². The summed E-state index contributed by atoms with van der Waals surface area (Å²) < 4.78 is 2.42. The van der Waals surface area contributed by atoms with Gasteiger partial charge in [0.05, 0.1) is 11.0 Å². The number of aryl methyl sites for hydroxylation is 1. The van der Waals surface area contributed by atoms with Gasteiger partial charge < -0.3 is 9.47 Å². The Hall–Kier alpha value is -5.34. The molecule has 2 aliphatic rings. The molecule has 9 rings (SSSR count). The molecule has 0 spiro atoms. The van der Waals surface area contributed by atoms with Crippen LogP contribution in [0, 0.1) is 0 Å². The second-order valence-electron chi connectivity index (χ2n) is 12.1. The van der Waals surface area contributed by atoms with Crippen molar-refractivity contribution in [3.8, 4) is 5.69 Å². The van der Waals surface area contributed by atoms with Crippen LogP contribution in [0.4, 0.5) is 5.69 Å². The maximum absolute atomic E-state index is 4.74. The third-order valence-corrected chi connectivity index (χ3v) is 9.75. The van der Waals surface area contributed by atoms with E-state index in [-0.39, 0.29) is 0 Å². The van der Waals surface area contributed by atoms with Crippen molar-refractivity contribution in [1.82, 2.24) is 4.57 Å². The van der Waals surface area contributed by atoms with Gasteiger partial charge in [-0.05, 0) is 94.3 Å². The van der Waals surface area contributed by atoms with Gasteiger partial charge in [-0.3, -0.25) is 0 Å². The summed E-state index contributed by atoms with van der Waals surface area (Å²) in [6.07, 6.45) is 3.02. The number of aromatic nitrogens is 1. The quantitative estimate of drug-likeness (QED) is 0.203. The first-order chi connectivity index (χ1) is 21.8. The molecule has 210 valence electrons. The zero-order valence-corrected chi connectivity index (χ0v) is 24.6. The maximum atomic E-state index is 4.74.